The van der Waals surface area contributed by atoms with E-state index in [1.54, 1.807) is 27.1 Å². The third-order valence-corrected chi connectivity index (χ3v) is 13.9. The normalized spacial score (nSPS) is 23.9. The highest BCUT2D eigenvalue weighted by molar-refractivity contribution is 9.10. The van der Waals surface area contributed by atoms with E-state index in [1.165, 1.54) is 16.2 Å². The average molecular weight is 818 g/mol. The van der Waals surface area contributed by atoms with E-state index in [0.29, 0.717) is 52.0 Å². The molecule has 1 aliphatic heterocycles. The Morgan fingerprint density at radius 2 is 1.96 bits per heavy atom. The number of fused-ring (bicyclic) bond motifs is 2. The van der Waals surface area contributed by atoms with Gasteiger partial charge >= 0.3 is 6.03 Å². The Kier molecular flexibility index (Phi) is 10.9. The van der Waals surface area contributed by atoms with Crippen molar-refractivity contribution in [3.63, 3.8) is 0 Å². The van der Waals surface area contributed by atoms with Gasteiger partial charge in [0.05, 0.1) is 34.1 Å². The molecule has 2 fully saturated rings. The number of sulfonamides is 1. The van der Waals surface area contributed by atoms with Crippen LogP contribution in [0.3, 0.4) is 0 Å². The van der Waals surface area contributed by atoms with Crippen LogP contribution < -0.4 is 24.8 Å². The van der Waals surface area contributed by atoms with Crippen molar-refractivity contribution < 1.29 is 32.3 Å². The van der Waals surface area contributed by atoms with E-state index in [4.69, 9.17) is 19.4 Å². The van der Waals surface area contributed by atoms with Gasteiger partial charge < -0.3 is 25.0 Å². The van der Waals surface area contributed by atoms with Gasteiger partial charge in [-0.05, 0) is 79.4 Å². The van der Waals surface area contributed by atoms with Crippen molar-refractivity contribution in [1.82, 2.24) is 30.2 Å². The molecule has 1 aromatic carbocycles. The van der Waals surface area contributed by atoms with E-state index in [0.717, 1.165) is 30.0 Å². The number of rotatable bonds is 10. The second-order valence-corrected chi connectivity index (χ2v) is 18.2. The third kappa shape index (κ3) is 7.79. The number of allylic oxidation sites excluding steroid dienone is 1. The highest BCUT2D eigenvalue weighted by Crippen LogP contribution is 2.47. The number of halogens is 1. The van der Waals surface area contributed by atoms with Gasteiger partial charge in [0.25, 0.3) is 5.91 Å². The molecule has 0 bridgehead atoms. The van der Waals surface area contributed by atoms with Gasteiger partial charge in [0.15, 0.2) is 0 Å². The SMILES string of the molecule is COc1ccc2c(OCCC3NC(=O)N(C)CCCC/C=C\C4CC4(C(=O)NS(=O)(=O)C4(C)CC4)NC3=O)cc(-c3nc(C(C)C)cs3)nc2c1Br. The minimum atomic E-state index is -3.94. The summed E-state index contributed by atoms with van der Waals surface area (Å²) in [6, 6.07) is 3.91. The monoisotopic (exact) mass is 816 g/mol. The van der Waals surface area contributed by atoms with E-state index >= 15 is 0 Å². The van der Waals surface area contributed by atoms with Gasteiger partial charge in [-0.3, -0.25) is 14.3 Å². The fraction of sp³-hybridized carbons (Fsp3) is 0.528. The Morgan fingerprint density at radius 1 is 1.19 bits per heavy atom. The molecule has 6 rings (SSSR count). The van der Waals surface area contributed by atoms with Crippen molar-refractivity contribution in [1.29, 1.82) is 0 Å². The Labute approximate surface area is 316 Å². The zero-order valence-electron chi connectivity index (χ0n) is 30.0. The maximum atomic E-state index is 14.0. The molecule has 16 heteroatoms. The van der Waals surface area contributed by atoms with E-state index in [2.05, 4.69) is 45.1 Å². The van der Waals surface area contributed by atoms with Gasteiger partial charge in [-0.2, -0.15) is 0 Å². The number of urea groups is 1. The number of thiazole rings is 1. The minimum Gasteiger partial charge on any atom is -0.495 e. The molecule has 3 aliphatic rings. The Morgan fingerprint density at radius 3 is 2.65 bits per heavy atom. The van der Waals surface area contributed by atoms with Crippen molar-refractivity contribution in [3.05, 3.63) is 45.9 Å². The maximum absolute atomic E-state index is 14.0. The van der Waals surface area contributed by atoms with Crippen molar-refractivity contribution in [2.45, 2.75) is 88.0 Å². The zero-order valence-corrected chi connectivity index (χ0v) is 33.2. The van der Waals surface area contributed by atoms with Crippen LogP contribution >= 0.6 is 27.3 Å². The predicted molar refractivity (Wildman–Crippen MR) is 203 cm³/mol. The van der Waals surface area contributed by atoms with Crippen LogP contribution in [0.25, 0.3) is 21.6 Å². The second-order valence-electron chi connectivity index (χ2n) is 14.4. The van der Waals surface area contributed by atoms with Crippen LogP contribution in [0.1, 0.15) is 77.3 Å². The van der Waals surface area contributed by atoms with Crippen LogP contribution in [-0.4, -0.2) is 84.8 Å². The molecule has 3 aromatic rings. The van der Waals surface area contributed by atoms with Crippen molar-refractivity contribution in [2.75, 3.05) is 27.3 Å². The molecule has 4 amide bonds. The van der Waals surface area contributed by atoms with E-state index in [9.17, 15) is 22.8 Å². The molecular weight excluding hydrogens is 772 g/mol. The third-order valence-electron chi connectivity index (χ3n) is 10.1. The number of benzene rings is 1. The summed E-state index contributed by atoms with van der Waals surface area (Å²) < 4.78 is 39.8. The number of aromatic nitrogens is 2. The highest BCUT2D eigenvalue weighted by atomic mass is 79.9. The summed E-state index contributed by atoms with van der Waals surface area (Å²) in [5, 5.41) is 9.11. The Hall–Kier alpha value is -3.76. The fourth-order valence-electron chi connectivity index (χ4n) is 6.12. The van der Waals surface area contributed by atoms with Crippen molar-refractivity contribution in [3.8, 4) is 22.2 Å². The average Bonchev–Trinajstić information content (AvgIpc) is 3.96. The number of ether oxygens (including phenoxy) is 2. The first kappa shape index (κ1) is 38.0. The second kappa shape index (κ2) is 14.9. The number of nitrogens with one attached hydrogen (secondary N) is 3. The molecule has 13 nitrogen and oxygen atoms in total. The van der Waals surface area contributed by atoms with Crippen LogP contribution in [-0.2, 0) is 19.6 Å². The summed E-state index contributed by atoms with van der Waals surface area (Å²) in [6.07, 6.45) is 7.33. The van der Waals surface area contributed by atoms with Crippen LogP contribution in [0, 0.1) is 5.92 Å². The van der Waals surface area contributed by atoms with Crippen LogP contribution in [0.5, 0.6) is 11.5 Å². The summed E-state index contributed by atoms with van der Waals surface area (Å²) in [5.41, 5.74) is 0.703. The van der Waals surface area contributed by atoms with Gasteiger partial charge in [0, 0.05) is 42.8 Å². The van der Waals surface area contributed by atoms with Crippen LogP contribution in [0.15, 0.2) is 40.2 Å². The Balaban J connectivity index is 1.27. The molecule has 0 radical (unpaired) electrons. The number of carbonyl (C=O) groups excluding carboxylic acids is 3. The van der Waals surface area contributed by atoms with E-state index < -0.39 is 50.1 Å². The molecule has 0 saturated heterocycles. The van der Waals surface area contributed by atoms with E-state index in [1.807, 2.05) is 29.7 Å². The number of amides is 4. The summed E-state index contributed by atoms with van der Waals surface area (Å²) in [5.74, 6) is -0.439. The summed E-state index contributed by atoms with van der Waals surface area (Å²) in [4.78, 5) is 52.2. The standard InChI is InChI=1S/C36H45BrN6O7S2/c1-21(2)26-20-51-32(39-26)25-18-28(23-11-12-27(49-5)29(37)30(23)38-25)50-17-13-24-31(44)41-36(33(45)42-52(47,48)35(3)14-15-35)19-22(36)10-8-6-7-9-16-43(4)34(46)40-24/h8,10-12,18,20-22,24H,6-7,9,13-17,19H2,1-5H3,(H,40,46)(H,41,44)(H,42,45)/b10-8-. The number of hydrogen-bond acceptors (Lipinski definition) is 10. The van der Waals surface area contributed by atoms with Crippen LogP contribution in [0.4, 0.5) is 4.79 Å². The van der Waals surface area contributed by atoms with Crippen molar-refractivity contribution in [2.24, 2.45) is 5.92 Å². The highest BCUT2D eigenvalue weighted by Gasteiger charge is 2.62. The molecule has 2 aromatic heterocycles. The number of methoxy groups -OCH3 is 1. The van der Waals surface area contributed by atoms with Gasteiger partial charge in [-0.15, -0.1) is 11.3 Å². The molecular formula is C36H45BrN6O7S2. The topological polar surface area (TPSA) is 169 Å². The lowest BCUT2D eigenvalue weighted by Gasteiger charge is -2.26. The summed E-state index contributed by atoms with van der Waals surface area (Å²) >= 11 is 5.12. The lowest BCUT2D eigenvalue weighted by Crippen LogP contribution is -2.58. The predicted octanol–water partition coefficient (Wildman–Crippen LogP) is 5.65. The summed E-state index contributed by atoms with van der Waals surface area (Å²) in [7, 11) is -0.703. The molecule has 3 unspecified atom stereocenters. The molecule has 3 heterocycles. The first-order valence-electron chi connectivity index (χ1n) is 17.5. The van der Waals surface area contributed by atoms with Gasteiger partial charge in [-0.1, -0.05) is 26.0 Å². The fourth-order valence-corrected chi connectivity index (χ4v) is 8.97. The first-order chi connectivity index (χ1) is 24.7. The number of hydrogen-bond donors (Lipinski definition) is 3. The minimum absolute atomic E-state index is 0.00859. The van der Waals surface area contributed by atoms with Gasteiger partial charge in [0.2, 0.25) is 15.9 Å². The number of pyridine rings is 1. The van der Waals surface area contributed by atoms with Crippen molar-refractivity contribution >= 4 is 66.0 Å². The van der Waals surface area contributed by atoms with E-state index in [-0.39, 0.29) is 25.4 Å². The molecule has 3 atom stereocenters. The largest absolute Gasteiger partial charge is 0.495 e. The zero-order chi connectivity index (χ0) is 37.4. The number of nitrogens with zero attached hydrogens (tertiary/aromatic N) is 3. The maximum Gasteiger partial charge on any atom is 0.317 e. The smallest absolute Gasteiger partial charge is 0.317 e. The lowest BCUT2D eigenvalue weighted by atomic mass is 10.1. The molecule has 0 spiro atoms. The van der Waals surface area contributed by atoms with Gasteiger partial charge in [0.1, 0.15) is 33.8 Å². The molecule has 3 N–H and O–H groups in total. The number of carbonyl (C=O) groups is 3. The molecule has 280 valence electrons. The quantitative estimate of drug-likeness (QED) is 0.219. The Bertz CT molecular complexity index is 2010. The lowest BCUT2D eigenvalue weighted by molar-refractivity contribution is -0.130. The first-order valence-corrected chi connectivity index (χ1v) is 20.7. The summed E-state index contributed by atoms with van der Waals surface area (Å²) in [6.45, 7) is 6.25. The molecule has 2 saturated carbocycles. The van der Waals surface area contributed by atoms with Gasteiger partial charge in [-0.25, -0.2) is 23.2 Å². The van der Waals surface area contributed by atoms with Crippen LogP contribution in [0.2, 0.25) is 0 Å². The molecule has 52 heavy (non-hydrogen) atoms. The molecule has 2 aliphatic carbocycles.